The smallest absolute Gasteiger partial charge is 0.306 e. The summed E-state index contributed by atoms with van der Waals surface area (Å²) in [5, 5.41) is 2.55. The van der Waals surface area contributed by atoms with Gasteiger partial charge in [0.2, 0.25) is 0 Å². The van der Waals surface area contributed by atoms with Gasteiger partial charge in [0, 0.05) is 17.0 Å². The van der Waals surface area contributed by atoms with Crippen LogP contribution in [0.15, 0.2) is 53.4 Å². The maximum Gasteiger partial charge on any atom is 0.306 e. The van der Waals surface area contributed by atoms with Crippen LogP contribution < -0.4 is 5.32 Å². The van der Waals surface area contributed by atoms with E-state index in [1.165, 1.54) is 43.3 Å². The largest absolute Gasteiger partial charge is 0.453 e. The number of thioether (sulfide) groups is 1. The molecule has 0 unspecified atom stereocenters. The van der Waals surface area contributed by atoms with E-state index >= 15 is 0 Å². The second-order valence-electron chi connectivity index (χ2n) is 5.65. The fraction of sp³-hybridized carbons (Fsp3) is 0.263. The molecule has 144 valence electrons. The predicted molar refractivity (Wildman–Crippen MR) is 97.2 cm³/mol. The van der Waals surface area contributed by atoms with Crippen molar-refractivity contribution in [2.75, 3.05) is 5.32 Å². The first-order chi connectivity index (χ1) is 12.8. The fourth-order valence-corrected chi connectivity index (χ4v) is 2.67. The molecule has 27 heavy (non-hydrogen) atoms. The predicted octanol–water partition coefficient (Wildman–Crippen LogP) is 4.64. The van der Waals surface area contributed by atoms with Crippen LogP contribution in [-0.2, 0) is 20.7 Å². The van der Waals surface area contributed by atoms with Gasteiger partial charge >= 0.3 is 5.97 Å². The Morgan fingerprint density at radius 3 is 2.30 bits per heavy atom. The SMILES string of the molecule is C[C@H](OC(=O)CCc1ccc(F)cc1)C(=O)Nc1ccc(SC(F)F)cc1. The average molecular weight is 397 g/mol. The first-order valence-corrected chi connectivity index (χ1v) is 9.01. The van der Waals surface area contributed by atoms with E-state index in [0.717, 1.165) is 5.56 Å². The Hall–Kier alpha value is -2.48. The van der Waals surface area contributed by atoms with Crippen molar-refractivity contribution < 1.29 is 27.5 Å². The van der Waals surface area contributed by atoms with E-state index in [9.17, 15) is 22.8 Å². The molecule has 2 aromatic rings. The number of esters is 1. The van der Waals surface area contributed by atoms with Crippen molar-refractivity contribution in [2.45, 2.75) is 36.5 Å². The van der Waals surface area contributed by atoms with Crippen LogP contribution >= 0.6 is 11.8 Å². The van der Waals surface area contributed by atoms with Gasteiger partial charge in [0.25, 0.3) is 11.7 Å². The minimum Gasteiger partial charge on any atom is -0.453 e. The molecule has 0 aliphatic carbocycles. The molecule has 0 radical (unpaired) electrons. The summed E-state index contributed by atoms with van der Waals surface area (Å²) in [4.78, 5) is 24.3. The van der Waals surface area contributed by atoms with Crippen LogP contribution in [0.1, 0.15) is 18.9 Å². The summed E-state index contributed by atoms with van der Waals surface area (Å²) < 4.78 is 42.5. The third kappa shape index (κ3) is 7.34. The molecule has 0 heterocycles. The number of ether oxygens (including phenoxy) is 1. The highest BCUT2D eigenvalue weighted by atomic mass is 32.2. The summed E-state index contributed by atoms with van der Waals surface area (Å²) in [5.74, 6) is -3.95. The molecule has 0 bridgehead atoms. The van der Waals surface area contributed by atoms with E-state index in [1.807, 2.05) is 0 Å². The molecule has 2 rings (SSSR count). The minimum atomic E-state index is -2.51. The van der Waals surface area contributed by atoms with E-state index in [0.29, 0.717) is 28.8 Å². The average Bonchev–Trinajstić information content (AvgIpc) is 2.62. The number of rotatable bonds is 8. The van der Waals surface area contributed by atoms with Gasteiger partial charge in [-0.3, -0.25) is 9.59 Å². The summed E-state index contributed by atoms with van der Waals surface area (Å²) in [6.45, 7) is 1.44. The molecule has 0 aliphatic heterocycles. The van der Waals surface area contributed by atoms with Crippen molar-refractivity contribution in [1.29, 1.82) is 0 Å². The second kappa shape index (κ2) is 10.0. The standard InChI is InChI=1S/C19H18F3NO3S/c1-12(26-17(24)11-4-13-2-5-14(20)6-3-13)18(25)23-15-7-9-16(10-8-15)27-19(21)22/h2-3,5-10,12,19H,4,11H2,1H3,(H,23,25)/t12-/m0/s1. The minimum absolute atomic E-state index is 0.0583. The summed E-state index contributed by atoms with van der Waals surface area (Å²) in [6, 6.07) is 11.7. The lowest BCUT2D eigenvalue weighted by molar-refractivity contribution is -0.153. The number of hydrogen-bond donors (Lipinski definition) is 1. The Labute approximate surface area is 159 Å². The van der Waals surface area contributed by atoms with E-state index in [-0.39, 0.29) is 12.2 Å². The van der Waals surface area contributed by atoms with Crippen LogP contribution in [-0.4, -0.2) is 23.7 Å². The Kier molecular flexibility index (Phi) is 7.72. The van der Waals surface area contributed by atoms with Gasteiger partial charge in [0.1, 0.15) is 5.82 Å². The van der Waals surface area contributed by atoms with Crippen LogP contribution in [0.25, 0.3) is 0 Å². The number of aryl methyl sites for hydroxylation is 1. The molecule has 0 aliphatic rings. The number of anilines is 1. The van der Waals surface area contributed by atoms with Gasteiger partial charge in [-0.1, -0.05) is 23.9 Å². The maximum absolute atomic E-state index is 12.8. The Balaban J connectivity index is 1.78. The number of alkyl halides is 2. The molecule has 2 aromatic carbocycles. The van der Waals surface area contributed by atoms with Gasteiger partial charge in [-0.15, -0.1) is 0 Å². The molecular formula is C19H18F3NO3S. The summed E-state index contributed by atoms with van der Waals surface area (Å²) in [7, 11) is 0. The fourth-order valence-electron chi connectivity index (χ4n) is 2.17. The maximum atomic E-state index is 12.8. The van der Waals surface area contributed by atoms with Gasteiger partial charge in [-0.25, -0.2) is 4.39 Å². The Morgan fingerprint density at radius 1 is 1.07 bits per heavy atom. The van der Waals surface area contributed by atoms with Crippen molar-refractivity contribution >= 4 is 29.3 Å². The lowest BCUT2D eigenvalue weighted by Gasteiger charge is -2.14. The van der Waals surface area contributed by atoms with Gasteiger partial charge in [-0.2, -0.15) is 8.78 Å². The van der Waals surface area contributed by atoms with Gasteiger partial charge < -0.3 is 10.1 Å². The molecule has 0 fully saturated rings. The second-order valence-corrected chi connectivity index (χ2v) is 6.71. The zero-order valence-electron chi connectivity index (χ0n) is 14.5. The monoisotopic (exact) mass is 397 g/mol. The third-order valence-corrected chi connectivity index (χ3v) is 4.28. The van der Waals surface area contributed by atoms with Gasteiger partial charge in [-0.05, 0) is 55.3 Å². The highest BCUT2D eigenvalue weighted by Gasteiger charge is 2.18. The van der Waals surface area contributed by atoms with E-state index in [2.05, 4.69) is 5.32 Å². The van der Waals surface area contributed by atoms with Crippen molar-refractivity contribution in [3.05, 3.63) is 59.9 Å². The number of amides is 1. The molecule has 8 heteroatoms. The number of nitrogens with one attached hydrogen (secondary N) is 1. The first-order valence-electron chi connectivity index (χ1n) is 8.13. The number of hydrogen-bond acceptors (Lipinski definition) is 4. The van der Waals surface area contributed by atoms with Gasteiger partial charge in [0.05, 0.1) is 0 Å². The topological polar surface area (TPSA) is 55.4 Å². The molecule has 4 nitrogen and oxygen atoms in total. The first kappa shape index (κ1) is 20.8. The van der Waals surface area contributed by atoms with E-state index in [4.69, 9.17) is 4.74 Å². The number of carbonyl (C=O) groups excluding carboxylic acids is 2. The lowest BCUT2D eigenvalue weighted by atomic mass is 10.1. The molecule has 0 saturated heterocycles. The van der Waals surface area contributed by atoms with E-state index < -0.39 is 23.7 Å². The van der Waals surface area contributed by atoms with Crippen molar-refractivity contribution in [3.8, 4) is 0 Å². The highest BCUT2D eigenvalue weighted by Crippen LogP contribution is 2.26. The zero-order chi connectivity index (χ0) is 19.8. The normalized spacial score (nSPS) is 11.9. The quantitative estimate of drug-likeness (QED) is 0.521. The highest BCUT2D eigenvalue weighted by molar-refractivity contribution is 7.99. The summed E-state index contributed by atoms with van der Waals surface area (Å²) in [5.41, 5.74) is 1.19. The molecule has 1 atom stereocenters. The molecular weight excluding hydrogens is 379 g/mol. The van der Waals surface area contributed by atoms with Crippen molar-refractivity contribution in [1.82, 2.24) is 0 Å². The number of benzene rings is 2. The van der Waals surface area contributed by atoms with Crippen molar-refractivity contribution in [2.24, 2.45) is 0 Å². The molecule has 1 amide bonds. The van der Waals surface area contributed by atoms with Crippen LogP contribution in [0.2, 0.25) is 0 Å². The number of carbonyl (C=O) groups is 2. The van der Waals surface area contributed by atoms with Crippen LogP contribution in [0.4, 0.5) is 18.9 Å². The summed E-state index contributed by atoms with van der Waals surface area (Å²) >= 11 is 0.409. The number of halogens is 3. The molecule has 1 N–H and O–H groups in total. The molecule has 0 spiro atoms. The third-order valence-electron chi connectivity index (χ3n) is 3.56. The zero-order valence-corrected chi connectivity index (χ0v) is 15.3. The molecule has 0 saturated carbocycles. The summed E-state index contributed by atoms with van der Waals surface area (Å²) in [6.07, 6.45) is -0.583. The lowest BCUT2D eigenvalue weighted by Crippen LogP contribution is -2.30. The van der Waals surface area contributed by atoms with Gasteiger partial charge in [0.15, 0.2) is 6.10 Å². The van der Waals surface area contributed by atoms with Crippen LogP contribution in [0, 0.1) is 5.82 Å². The Bertz CT molecular complexity index is 767. The molecule has 0 aromatic heterocycles. The van der Waals surface area contributed by atoms with E-state index in [1.54, 1.807) is 12.1 Å². The van der Waals surface area contributed by atoms with Crippen LogP contribution in [0.3, 0.4) is 0 Å². The Morgan fingerprint density at radius 2 is 1.70 bits per heavy atom. The van der Waals surface area contributed by atoms with Crippen molar-refractivity contribution in [3.63, 3.8) is 0 Å². The van der Waals surface area contributed by atoms with Crippen LogP contribution in [0.5, 0.6) is 0 Å².